The molecule has 0 bridgehead atoms. The summed E-state index contributed by atoms with van der Waals surface area (Å²) in [5.41, 5.74) is 3.06. The van der Waals surface area contributed by atoms with Crippen molar-refractivity contribution in [3.63, 3.8) is 0 Å². The second-order valence-electron chi connectivity index (χ2n) is 6.23. The predicted molar refractivity (Wildman–Crippen MR) is 86.6 cm³/mol. The smallest absolute Gasteiger partial charge is 0.321 e. The van der Waals surface area contributed by atoms with Gasteiger partial charge in [-0.3, -0.25) is 4.79 Å². The quantitative estimate of drug-likeness (QED) is 0.841. The molecule has 0 unspecified atom stereocenters. The van der Waals surface area contributed by atoms with Crippen LogP contribution in [0.1, 0.15) is 42.5 Å². The maximum absolute atomic E-state index is 12.7. The van der Waals surface area contributed by atoms with E-state index in [9.17, 15) is 18.3 Å². The van der Waals surface area contributed by atoms with Gasteiger partial charge in [-0.25, -0.2) is 8.42 Å². The van der Waals surface area contributed by atoms with E-state index in [0.717, 1.165) is 11.1 Å². The fourth-order valence-electron chi connectivity index (χ4n) is 2.50. The van der Waals surface area contributed by atoms with E-state index in [0.29, 0.717) is 11.1 Å². The number of sulfonamides is 1. The van der Waals surface area contributed by atoms with E-state index in [1.807, 2.05) is 33.8 Å². The van der Waals surface area contributed by atoms with Crippen LogP contribution in [0, 0.1) is 33.6 Å². The third-order valence-corrected chi connectivity index (χ3v) is 5.61. The van der Waals surface area contributed by atoms with Crippen molar-refractivity contribution in [3.8, 4) is 0 Å². The van der Waals surface area contributed by atoms with Crippen LogP contribution in [-0.4, -0.2) is 25.5 Å². The highest BCUT2D eigenvalue weighted by atomic mass is 32.2. The highest BCUT2D eigenvalue weighted by Crippen LogP contribution is 2.26. The Labute approximate surface area is 132 Å². The summed E-state index contributed by atoms with van der Waals surface area (Å²) in [5.74, 6) is -1.08. The third kappa shape index (κ3) is 4.08. The summed E-state index contributed by atoms with van der Waals surface area (Å²) in [4.78, 5) is 11.5. The first-order valence-corrected chi connectivity index (χ1v) is 8.78. The number of benzene rings is 1. The van der Waals surface area contributed by atoms with Gasteiger partial charge in [0.1, 0.15) is 6.04 Å². The van der Waals surface area contributed by atoms with E-state index in [1.54, 1.807) is 13.8 Å². The van der Waals surface area contributed by atoms with Crippen LogP contribution in [0.5, 0.6) is 0 Å². The zero-order valence-electron chi connectivity index (χ0n) is 14.0. The topological polar surface area (TPSA) is 83.5 Å². The van der Waals surface area contributed by atoms with E-state index in [-0.39, 0.29) is 17.2 Å². The Hall–Kier alpha value is -1.40. The number of hydrogen-bond donors (Lipinski definition) is 2. The number of aryl methyl sites for hydroxylation is 2. The molecule has 6 heteroatoms. The van der Waals surface area contributed by atoms with Gasteiger partial charge in [0.05, 0.1) is 4.90 Å². The normalized spacial score (nSPS) is 13.4. The first kappa shape index (κ1) is 18.6. The van der Waals surface area contributed by atoms with Crippen molar-refractivity contribution in [1.29, 1.82) is 0 Å². The molecule has 0 amide bonds. The Morgan fingerprint density at radius 2 is 1.59 bits per heavy atom. The van der Waals surface area contributed by atoms with Crippen LogP contribution in [-0.2, 0) is 14.8 Å². The van der Waals surface area contributed by atoms with Crippen molar-refractivity contribution in [2.24, 2.45) is 5.92 Å². The predicted octanol–water partition coefficient (Wildman–Crippen LogP) is 2.70. The first-order chi connectivity index (χ1) is 9.97. The molecule has 1 aromatic carbocycles. The average molecular weight is 327 g/mol. The van der Waals surface area contributed by atoms with Gasteiger partial charge in [-0.05, 0) is 62.3 Å². The van der Waals surface area contributed by atoms with E-state index in [2.05, 4.69) is 4.72 Å². The molecule has 0 aliphatic rings. The fraction of sp³-hybridized carbons (Fsp3) is 0.562. The standard InChI is InChI=1S/C16H25NO4S/c1-9(2)7-14(16(18)19)17-22(20,21)15-12(5)10(3)8-11(4)13(15)6/h8-9,14,17H,7H2,1-6H3,(H,18,19)/t14-/m1/s1. The SMILES string of the molecule is Cc1cc(C)c(C)c(S(=O)(=O)N[C@H](CC(C)C)C(=O)O)c1C. The van der Waals surface area contributed by atoms with Gasteiger partial charge < -0.3 is 5.11 Å². The van der Waals surface area contributed by atoms with Gasteiger partial charge in [0, 0.05) is 0 Å². The largest absolute Gasteiger partial charge is 0.480 e. The highest BCUT2D eigenvalue weighted by Gasteiger charge is 2.29. The summed E-state index contributed by atoms with van der Waals surface area (Å²) >= 11 is 0. The molecule has 5 nitrogen and oxygen atoms in total. The Kier molecular flexibility index (Phi) is 5.76. The van der Waals surface area contributed by atoms with Crippen LogP contribution in [0.25, 0.3) is 0 Å². The maximum Gasteiger partial charge on any atom is 0.321 e. The van der Waals surface area contributed by atoms with Crippen LogP contribution in [0.3, 0.4) is 0 Å². The Balaban J connectivity index is 3.33. The van der Waals surface area contributed by atoms with E-state index in [4.69, 9.17) is 0 Å². The molecule has 0 fully saturated rings. The summed E-state index contributed by atoms with van der Waals surface area (Å²) in [6.07, 6.45) is 0.247. The maximum atomic E-state index is 12.7. The molecule has 0 radical (unpaired) electrons. The Morgan fingerprint density at radius 3 is 1.95 bits per heavy atom. The molecule has 0 aliphatic heterocycles. The van der Waals surface area contributed by atoms with Gasteiger partial charge in [0.25, 0.3) is 0 Å². The molecule has 0 heterocycles. The minimum Gasteiger partial charge on any atom is -0.480 e. The van der Waals surface area contributed by atoms with Gasteiger partial charge in [-0.15, -0.1) is 0 Å². The number of nitrogens with one attached hydrogen (secondary N) is 1. The fourth-order valence-corrected chi connectivity index (χ4v) is 4.32. The molecule has 124 valence electrons. The number of hydrogen-bond acceptors (Lipinski definition) is 3. The molecule has 0 saturated carbocycles. The van der Waals surface area contributed by atoms with Crippen LogP contribution >= 0.6 is 0 Å². The summed E-state index contributed by atoms with van der Waals surface area (Å²) in [7, 11) is -3.89. The second kappa shape index (κ2) is 6.79. The summed E-state index contributed by atoms with van der Waals surface area (Å²) in [6.45, 7) is 10.9. The average Bonchev–Trinajstić information content (AvgIpc) is 2.34. The van der Waals surface area contributed by atoms with Crippen molar-refractivity contribution in [2.45, 2.75) is 58.9 Å². The van der Waals surface area contributed by atoms with Crippen molar-refractivity contribution < 1.29 is 18.3 Å². The van der Waals surface area contributed by atoms with Crippen LogP contribution in [0.4, 0.5) is 0 Å². The van der Waals surface area contributed by atoms with Gasteiger partial charge in [-0.1, -0.05) is 19.9 Å². The van der Waals surface area contributed by atoms with Crippen molar-refractivity contribution in [3.05, 3.63) is 28.3 Å². The molecular formula is C16H25NO4S. The lowest BCUT2D eigenvalue weighted by molar-refractivity contribution is -0.139. The minimum atomic E-state index is -3.89. The number of carboxylic acids is 1. The number of carboxylic acid groups (broad SMARTS) is 1. The molecule has 0 aromatic heterocycles. The molecule has 1 atom stereocenters. The molecular weight excluding hydrogens is 302 g/mol. The lowest BCUT2D eigenvalue weighted by Gasteiger charge is -2.20. The molecule has 1 aromatic rings. The number of carbonyl (C=O) groups is 1. The molecule has 2 N–H and O–H groups in total. The molecule has 1 rings (SSSR count). The molecule has 0 saturated heterocycles. The van der Waals surface area contributed by atoms with Gasteiger partial charge in [0.15, 0.2) is 0 Å². The Morgan fingerprint density at radius 1 is 1.14 bits per heavy atom. The van der Waals surface area contributed by atoms with Gasteiger partial charge in [-0.2, -0.15) is 4.72 Å². The second-order valence-corrected chi connectivity index (χ2v) is 7.88. The van der Waals surface area contributed by atoms with Crippen LogP contribution in [0.2, 0.25) is 0 Å². The number of aliphatic carboxylic acids is 1. The van der Waals surface area contributed by atoms with Gasteiger partial charge in [0.2, 0.25) is 10.0 Å². The van der Waals surface area contributed by atoms with Crippen molar-refractivity contribution in [1.82, 2.24) is 4.72 Å². The number of rotatable bonds is 6. The zero-order chi connectivity index (χ0) is 17.2. The molecule has 22 heavy (non-hydrogen) atoms. The lowest BCUT2D eigenvalue weighted by Crippen LogP contribution is -2.42. The minimum absolute atomic E-state index is 0.0743. The van der Waals surface area contributed by atoms with Crippen LogP contribution in [0.15, 0.2) is 11.0 Å². The van der Waals surface area contributed by atoms with E-state index >= 15 is 0 Å². The van der Waals surface area contributed by atoms with Crippen molar-refractivity contribution in [2.75, 3.05) is 0 Å². The van der Waals surface area contributed by atoms with Gasteiger partial charge >= 0.3 is 5.97 Å². The highest BCUT2D eigenvalue weighted by molar-refractivity contribution is 7.89. The molecule has 0 aliphatic carbocycles. The van der Waals surface area contributed by atoms with Crippen LogP contribution < -0.4 is 4.72 Å². The summed E-state index contributed by atoms with van der Waals surface area (Å²) in [5, 5.41) is 9.25. The zero-order valence-corrected chi connectivity index (χ0v) is 14.8. The van der Waals surface area contributed by atoms with Crippen molar-refractivity contribution >= 4 is 16.0 Å². The monoisotopic (exact) mass is 327 g/mol. The summed E-state index contributed by atoms with van der Waals surface area (Å²) in [6, 6.07) is 0.816. The van der Waals surface area contributed by atoms with E-state index in [1.165, 1.54) is 0 Å². The Bertz CT molecular complexity index is 652. The third-order valence-electron chi connectivity index (χ3n) is 3.87. The molecule has 0 spiro atoms. The lowest BCUT2D eigenvalue weighted by atomic mass is 10.0. The summed E-state index contributed by atoms with van der Waals surface area (Å²) < 4.78 is 27.7. The van der Waals surface area contributed by atoms with E-state index < -0.39 is 22.0 Å². The first-order valence-electron chi connectivity index (χ1n) is 7.30.